The molecule has 1 aromatic rings. The van der Waals surface area contributed by atoms with Crippen LogP contribution in [0.1, 0.15) is 5.56 Å². The molecule has 0 unspecified atom stereocenters. The molecule has 0 aliphatic heterocycles. The first-order valence-electron chi connectivity index (χ1n) is 4.77. The van der Waals surface area contributed by atoms with Gasteiger partial charge in [-0.1, -0.05) is 0 Å². The van der Waals surface area contributed by atoms with Gasteiger partial charge >= 0.3 is 0 Å². The standard InChI is InChI=1S/C11H15IO4/c1-14-8-6-7(4-5-13)9(12)11(16-3)10(8)15-2/h6,13H,4-5H2,1-3H3. The molecule has 0 aliphatic rings. The third kappa shape index (κ3) is 2.52. The zero-order valence-corrected chi connectivity index (χ0v) is 11.7. The Bertz CT molecular complexity index is 365. The van der Waals surface area contributed by atoms with Crippen molar-refractivity contribution in [3.05, 3.63) is 15.2 Å². The number of rotatable bonds is 5. The van der Waals surface area contributed by atoms with Gasteiger partial charge in [0, 0.05) is 6.61 Å². The Labute approximate surface area is 109 Å². The highest BCUT2D eigenvalue weighted by Gasteiger charge is 2.18. The van der Waals surface area contributed by atoms with Crippen molar-refractivity contribution in [1.29, 1.82) is 0 Å². The smallest absolute Gasteiger partial charge is 0.204 e. The van der Waals surface area contributed by atoms with Gasteiger partial charge < -0.3 is 19.3 Å². The van der Waals surface area contributed by atoms with Gasteiger partial charge in [0.15, 0.2) is 11.5 Å². The SMILES string of the molecule is COc1cc(CCO)c(I)c(OC)c1OC. The van der Waals surface area contributed by atoms with Crippen molar-refractivity contribution in [2.75, 3.05) is 27.9 Å². The van der Waals surface area contributed by atoms with Crippen LogP contribution < -0.4 is 14.2 Å². The zero-order chi connectivity index (χ0) is 12.1. The molecule has 0 saturated carbocycles. The quantitative estimate of drug-likeness (QED) is 0.833. The lowest BCUT2D eigenvalue weighted by molar-refractivity contribution is 0.297. The van der Waals surface area contributed by atoms with Gasteiger partial charge in [-0.05, 0) is 40.6 Å². The summed E-state index contributed by atoms with van der Waals surface area (Å²) in [6.45, 7) is 0.0919. The molecule has 0 radical (unpaired) electrons. The molecule has 1 aromatic carbocycles. The molecule has 0 atom stereocenters. The van der Waals surface area contributed by atoms with E-state index in [1.807, 2.05) is 6.07 Å². The van der Waals surface area contributed by atoms with Crippen molar-refractivity contribution in [2.24, 2.45) is 0 Å². The van der Waals surface area contributed by atoms with Crippen LogP contribution in [-0.4, -0.2) is 33.0 Å². The lowest BCUT2D eigenvalue weighted by Gasteiger charge is -2.16. The minimum atomic E-state index is 0.0919. The summed E-state index contributed by atoms with van der Waals surface area (Å²) in [5.74, 6) is 1.84. The van der Waals surface area contributed by atoms with Crippen molar-refractivity contribution >= 4 is 22.6 Å². The summed E-state index contributed by atoms with van der Waals surface area (Å²) >= 11 is 2.17. The van der Waals surface area contributed by atoms with E-state index in [2.05, 4.69) is 22.6 Å². The molecule has 0 spiro atoms. The Kier molecular flexibility index (Phi) is 5.14. The highest BCUT2D eigenvalue weighted by molar-refractivity contribution is 14.1. The first-order valence-corrected chi connectivity index (χ1v) is 5.85. The van der Waals surface area contributed by atoms with Crippen molar-refractivity contribution in [3.8, 4) is 17.2 Å². The number of halogens is 1. The van der Waals surface area contributed by atoms with Gasteiger partial charge in [-0.3, -0.25) is 0 Å². The van der Waals surface area contributed by atoms with Crippen molar-refractivity contribution in [1.82, 2.24) is 0 Å². The molecule has 90 valence electrons. The van der Waals surface area contributed by atoms with Gasteiger partial charge in [0.25, 0.3) is 0 Å². The summed E-state index contributed by atoms with van der Waals surface area (Å²) in [7, 11) is 4.73. The largest absolute Gasteiger partial charge is 0.493 e. The van der Waals surface area contributed by atoms with Gasteiger partial charge in [-0.15, -0.1) is 0 Å². The Hall–Kier alpha value is -0.690. The van der Waals surface area contributed by atoms with Gasteiger partial charge in [0.1, 0.15) is 0 Å². The number of aliphatic hydroxyl groups is 1. The van der Waals surface area contributed by atoms with Crippen LogP contribution in [0.25, 0.3) is 0 Å². The van der Waals surface area contributed by atoms with E-state index in [-0.39, 0.29) is 6.61 Å². The average molecular weight is 338 g/mol. The number of hydrogen-bond acceptors (Lipinski definition) is 4. The average Bonchev–Trinajstić information content (AvgIpc) is 2.31. The van der Waals surface area contributed by atoms with Crippen molar-refractivity contribution < 1.29 is 19.3 Å². The second-order valence-electron chi connectivity index (χ2n) is 3.09. The minimum absolute atomic E-state index is 0.0919. The molecule has 16 heavy (non-hydrogen) atoms. The number of aliphatic hydroxyl groups excluding tert-OH is 1. The van der Waals surface area contributed by atoms with E-state index in [9.17, 15) is 0 Å². The molecular formula is C11H15IO4. The molecule has 4 nitrogen and oxygen atoms in total. The van der Waals surface area contributed by atoms with Crippen LogP contribution in [0.4, 0.5) is 0 Å². The van der Waals surface area contributed by atoms with Crippen LogP contribution in [0.3, 0.4) is 0 Å². The summed E-state index contributed by atoms with van der Waals surface area (Å²) in [5.41, 5.74) is 0.984. The normalized spacial score (nSPS) is 10.1. The summed E-state index contributed by atoms with van der Waals surface area (Å²) in [5, 5.41) is 8.98. The fourth-order valence-corrected chi connectivity index (χ4v) is 2.36. The summed E-state index contributed by atoms with van der Waals surface area (Å²) < 4.78 is 16.7. The van der Waals surface area contributed by atoms with Crippen LogP contribution in [-0.2, 0) is 6.42 Å². The Morgan fingerprint density at radius 3 is 2.19 bits per heavy atom. The fourth-order valence-electron chi connectivity index (χ4n) is 1.47. The second-order valence-corrected chi connectivity index (χ2v) is 4.17. The van der Waals surface area contributed by atoms with Crippen LogP contribution >= 0.6 is 22.6 Å². The molecule has 0 heterocycles. The van der Waals surface area contributed by atoms with E-state index in [0.717, 1.165) is 9.13 Å². The lowest BCUT2D eigenvalue weighted by atomic mass is 10.1. The highest BCUT2D eigenvalue weighted by atomic mass is 127. The maximum absolute atomic E-state index is 8.98. The predicted octanol–water partition coefficient (Wildman–Crippen LogP) is 1.85. The van der Waals surface area contributed by atoms with Crippen LogP contribution in [0.15, 0.2) is 6.07 Å². The van der Waals surface area contributed by atoms with E-state index in [4.69, 9.17) is 19.3 Å². The van der Waals surface area contributed by atoms with Gasteiger partial charge in [0.05, 0.1) is 24.9 Å². The second kappa shape index (κ2) is 6.15. The molecule has 0 bridgehead atoms. The first-order chi connectivity index (χ1) is 7.69. The molecule has 5 heteroatoms. The molecule has 0 aliphatic carbocycles. The van der Waals surface area contributed by atoms with E-state index in [1.165, 1.54) is 0 Å². The van der Waals surface area contributed by atoms with Crippen molar-refractivity contribution in [2.45, 2.75) is 6.42 Å². The molecule has 0 amide bonds. The maximum atomic E-state index is 8.98. The first kappa shape index (κ1) is 13.4. The molecule has 0 saturated heterocycles. The third-order valence-corrected chi connectivity index (χ3v) is 3.41. The molecule has 0 aromatic heterocycles. The number of hydrogen-bond donors (Lipinski definition) is 1. The predicted molar refractivity (Wildman–Crippen MR) is 69.6 cm³/mol. The summed E-state index contributed by atoms with van der Waals surface area (Å²) in [6, 6.07) is 1.86. The Morgan fingerprint density at radius 1 is 1.12 bits per heavy atom. The van der Waals surface area contributed by atoms with E-state index < -0.39 is 0 Å². The number of benzene rings is 1. The van der Waals surface area contributed by atoms with Gasteiger partial charge in [-0.2, -0.15) is 0 Å². The zero-order valence-electron chi connectivity index (χ0n) is 9.54. The van der Waals surface area contributed by atoms with Crippen molar-refractivity contribution in [3.63, 3.8) is 0 Å². The topological polar surface area (TPSA) is 47.9 Å². The number of ether oxygens (including phenoxy) is 3. The van der Waals surface area contributed by atoms with Crippen LogP contribution in [0, 0.1) is 3.57 Å². The third-order valence-electron chi connectivity index (χ3n) is 2.23. The highest BCUT2D eigenvalue weighted by Crippen LogP contribution is 2.42. The van der Waals surface area contributed by atoms with E-state index in [1.54, 1.807) is 21.3 Å². The molecular weight excluding hydrogens is 323 g/mol. The van der Waals surface area contributed by atoms with E-state index >= 15 is 0 Å². The Balaban J connectivity index is 3.35. The molecule has 1 rings (SSSR count). The van der Waals surface area contributed by atoms with Crippen LogP contribution in [0.2, 0.25) is 0 Å². The van der Waals surface area contributed by atoms with Gasteiger partial charge in [0.2, 0.25) is 5.75 Å². The number of methoxy groups -OCH3 is 3. The minimum Gasteiger partial charge on any atom is -0.493 e. The Morgan fingerprint density at radius 2 is 1.75 bits per heavy atom. The summed E-state index contributed by atoms with van der Waals surface area (Å²) in [4.78, 5) is 0. The molecule has 0 fully saturated rings. The summed E-state index contributed by atoms with van der Waals surface area (Å²) in [6.07, 6.45) is 0.564. The lowest BCUT2D eigenvalue weighted by Crippen LogP contribution is -2.02. The van der Waals surface area contributed by atoms with Gasteiger partial charge in [-0.25, -0.2) is 0 Å². The molecule has 1 N–H and O–H groups in total. The maximum Gasteiger partial charge on any atom is 0.204 e. The van der Waals surface area contributed by atoms with Crippen LogP contribution in [0.5, 0.6) is 17.2 Å². The van der Waals surface area contributed by atoms with E-state index in [0.29, 0.717) is 23.7 Å². The monoisotopic (exact) mass is 338 g/mol. The fraction of sp³-hybridized carbons (Fsp3) is 0.455.